The molecule has 1 amide bonds. The Labute approximate surface area is 179 Å². The van der Waals surface area contributed by atoms with E-state index in [1.807, 2.05) is 6.07 Å². The van der Waals surface area contributed by atoms with Gasteiger partial charge < -0.3 is 10.0 Å². The van der Waals surface area contributed by atoms with E-state index in [2.05, 4.69) is 51.7 Å². The number of fused-ring (bicyclic) bond motifs is 5. The van der Waals surface area contributed by atoms with Crippen molar-refractivity contribution in [2.75, 3.05) is 0 Å². The number of carboxylic acids is 1. The summed E-state index contributed by atoms with van der Waals surface area (Å²) in [6.07, 6.45) is 3.94. The predicted molar refractivity (Wildman–Crippen MR) is 120 cm³/mol. The summed E-state index contributed by atoms with van der Waals surface area (Å²) >= 11 is 0. The van der Waals surface area contributed by atoms with E-state index in [0.29, 0.717) is 17.4 Å². The normalized spacial score (nSPS) is 25.4. The summed E-state index contributed by atoms with van der Waals surface area (Å²) < 4.78 is 0. The first-order chi connectivity index (χ1) is 14.1. The molecule has 2 aromatic rings. The lowest BCUT2D eigenvalue weighted by Gasteiger charge is -2.44. The van der Waals surface area contributed by atoms with Crippen LogP contribution in [-0.4, -0.2) is 34.0 Å². The fraction of sp³-hybridized carbons (Fsp3) is 0.538. The smallest absolute Gasteiger partial charge is 0.335 e. The number of nitrogens with zero attached hydrogens (tertiary/aromatic N) is 1. The predicted octanol–water partition coefficient (Wildman–Crippen LogP) is 5.63. The van der Waals surface area contributed by atoms with Gasteiger partial charge in [0.2, 0.25) is 5.91 Å². The first-order valence-corrected chi connectivity index (χ1v) is 11.3. The van der Waals surface area contributed by atoms with E-state index in [1.54, 1.807) is 12.1 Å². The molecule has 4 nitrogen and oxygen atoms in total. The number of amides is 1. The molecule has 0 spiro atoms. The lowest BCUT2D eigenvalue weighted by atomic mass is 9.62. The van der Waals surface area contributed by atoms with Crippen molar-refractivity contribution in [2.24, 2.45) is 11.3 Å². The van der Waals surface area contributed by atoms with Gasteiger partial charge in [0.1, 0.15) is 0 Å². The zero-order valence-corrected chi connectivity index (χ0v) is 18.7. The summed E-state index contributed by atoms with van der Waals surface area (Å²) in [4.78, 5) is 27.0. The monoisotopic (exact) mass is 407 g/mol. The molecule has 2 aromatic carbocycles. The molecule has 2 aliphatic rings. The van der Waals surface area contributed by atoms with Gasteiger partial charge in [0.05, 0.1) is 5.56 Å². The van der Waals surface area contributed by atoms with Gasteiger partial charge in [0.15, 0.2) is 0 Å². The summed E-state index contributed by atoms with van der Waals surface area (Å²) in [5.74, 6) is -0.106. The number of benzene rings is 2. The van der Waals surface area contributed by atoms with Gasteiger partial charge in [0, 0.05) is 18.0 Å². The van der Waals surface area contributed by atoms with Crippen molar-refractivity contribution >= 4 is 22.6 Å². The van der Waals surface area contributed by atoms with Gasteiger partial charge in [0.25, 0.3) is 0 Å². The zero-order chi connectivity index (χ0) is 21.8. The van der Waals surface area contributed by atoms with Crippen molar-refractivity contribution in [3.8, 4) is 0 Å². The number of aryl methyl sites for hydroxylation is 1. The second kappa shape index (κ2) is 7.40. The molecule has 0 heterocycles. The van der Waals surface area contributed by atoms with Crippen molar-refractivity contribution in [3.63, 3.8) is 0 Å². The maximum absolute atomic E-state index is 13.6. The summed E-state index contributed by atoms with van der Waals surface area (Å²) in [5, 5.41) is 11.5. The highest BCUT2D eigenvalue weighted by Gasteiger charge is 2.53. The van der Waals surface area contributed by atoms with Gasteiger partial charge in [-0.2, -0.15) is 0 Å². The molecule has 1 N–H and O–H groups in total. The average molecular weight is 408 g/mol. The van der Waals surface area contributed by atoms with Crippen LogP contribution in [0.5, 0.6) is 0 Å². The van der Waals surface area contributed by atoms with Crippen LogP contribution in [0.1, 0.15) is 81.3 Å². The highest BCUT2D eigenvalue weighted by molar-refractivity contribution is 5.96. The van der Waals surface area contributed by atoms with Crippen LogP contribution in [0.25, 0.3) is 10.8 Å². The van der Waals surface area contributed by atoms with Crippen molar-refractivity contribution in [1.29, 1.82) is 0 Å². The first-order valence-electron chi connectivity index (χ1n) is 11.3. The Kier molecular flexibility index (Phi) is 5.16. The minimum atomic E-state index is -0.890. The Balaban J connectivity index is 1.72. The highest BCUT2D eigenvalue weighted by Crippen LogP contribution is 2.59. The van der Waals surface area contributed by atoms with Crippen LogP contribution in [0.2, 0.25) is 0 Å². The van der Waals surface area contributed by atoms with Gasteiger partial charge in [-0.15, -0.1) is 0 Å². The second-order valence-corrected chi connectivity index (χ2v) is 10.00. The van der Waals surface area contributed by atoms with Crippen molar-refractivity contribution in [3.05, 3.63) is 47.0 Å². The molecule has 0 radical (unpaired) electrons. The molecular formula is C26H33NO3. The summed E-state index contributed by atoms with van der Waals surface area (Å²) in [6, 6.07) is 10.1. The van der Waals surface area contributed by atoms with Gasteiger partial charge in [-0.25, -0.2) is 4.79 Å². The number of rotatable bonds is 4. The molecule has 1 saturated carbocycles. The van der Waals surface area contributed by atoms with Crippen LogP contribution in [0.15, 0.2) is 30.3 Å². The molecule has 30 heavy (non-hydrogen) atoms. The third kappa shape index (κ3) is 3.12. The van der Waals surface area contributed by atoms with Gasteiger partial charge in [-0.1, -0.05) is 25.1 Å². The molecule has 3 atom stereocenters. The molecule has 4 rings (SSSR count). The Morgan fingerprint density at radius 3 is 2.40 bits per heavy atom. The number of carbonyl (C=O) groups is 2. The molecule has 1 fully saturated rings. The molecule has 1 unspecified atom stereocenters. The van der Waals surface area contributed by atoms with Crippen LogP contribution in [0.3, 0.4) is 0 Å². The summed E-state index contributed by atoms with van der Waals surface area (Å²) in [6.45, 7) is 10.8. The summed E-state index contributed by atoms with van der Waals surface area (Å²) in [7, 11) is 0. The third-order valence-corrected chi connectivity index (χ3v) is 7.71. The minimum absolute atomic E-state index is 0.0131. The molecule has 2 aliphatic carbocycles. The summed E-state index contributed by atoms with van der Waals surface area (Å²) in [5.41, 5.74) is 3.04. The van der Waals surface area contributed by atoms with Crippen LogP contribution in [0, 0.1) is 11.3 Å². The molecule has 0 bridgehead atoms. The first kappa shape index (κ1) is 20.9. The Bertz CT molecular complexity index is 1000. The van der Waals surface area contributed by atoms with Gasteiger partial charge in [-0.05, 0) is 98.7 Å². The molecule has 0 aliphatic heterocycles. The maximum Gasteiger partial charge on any atom is 0.335 e. The van der Waals surface area contributed by atoms with Crippen LogP contribution >= 0.6 is 0 Å². The van der Waals surface area contributed by atoms with E-state index in [0.717, 1.165) is 31.1 Å². The number of aromatic carboxylic acids is 1. The maximum atomic E-state index is 13.6. The molecule has 4 heteroatoms. The average Bonchev–Trinajstić information content (AvgIpc) is 3.03. The lowest BCUT2D eigenvalue weighted by Crippen LogP contribution is -2.49. The number of carbonyl (C=O) groups excluding carboxylic acids is 1. The van der Waals surface area contributed by atoms with E-state index in [1.165, 1.54) is 16.5 Å². The molecular weight excluding hydrogens is 374 g/mol. The molecule has 160 valence electrons. The van der Waals surface area contributed by atoms with Crippen molar-refractivity contribution in [1.82, 2.24) is 4.90 Å². The Hall–Kier alpha value is -2.36. The zero-order valence-electron chi connectivity index (χ0n) is 18.7. The topological polar surface area (TPSA) is 57.6 Å². The van der Waals surface area contributed by atoms with E-state index in [9.17, 15) is 14.7 Å². The SMILES string of the molecule is CC(C)N(C(=O)[C@H]1CCC2c3ccc4cc(C(=O)O)ccc4c3CC[C@@]21C)C(C)C. The second-order valence-electron chi connectivity index (χ2n) is 10.00. The molecule has 0 aromatic heterocycles. The van der Waals surface area contributed by atoms with Crippen LogP contribution in [-0.2, 0) is 11.2 Å². The van der Waals surface area contributed by atoms with Gasteiger partial charge in [-0.3, -0.25) is 4.79 Å². The number of carboxylic acid groups (broad SMARTS) is 1. The Morgan fingerprint density at radius 1 is 1.07 bits per heavy atom. The lowest BCUT2D eigenvalue weighted by molar-refractivity contribution is -0.143. The fourth-order valence-corrected chi connectivity index (χ4v) is 6.33. The fourth-order valence-electron chi connectivity index (χ4n) is 6.33. The number of hydrogen-bond acceptors (Lipinski definition) is 2. The third-order valence-electron chi connectivity index (χ3n) is 7.71. The van der Waals surface area contributed by atoms with E-state index < -0.39 is 5.97 Å². The van der Waals surface area contributed by atoms with Crippen LogP contribution in [0.4, 0.5) is 0 Å². The quantitative estimate of drug-likeness (QED) is 0.715. The van der Waals surface area contributed by atoms with E-state index in [4.69, 9.17) is 0 Å². The standard InChI is InChI=1S/C26H33NO3/c1-15(2)27(16(3)4)24(28)23-11-10-22-21-9-6-17-14-18(25(29)30)7-8-19(17)20(21)12-13-26(22,23)5/h6-9,14-16,22-23H,10-13H2,1-5H3,(H,29,30)/t22?,23-,26+/m1/s1. The molecule has 0 saturated heterocycles. The van der Waals surface area contributed by atoms with E-state index >= 15 is 0 Å². The van der Waals surface area contributed by atoms with E-state index in [-0.39, 0.29) is 23.4 Å². The van der Waals surface area contributed by atoms with Gasteiger partial charge >= 0.3 is 5.97 Å². The largest absolute Gasteiger partial charge is 0.478 e. The Morgan fingerprint density at radius 2 is 1.77 bits per heavy atom. The van der Waals surface area contributed by atoms with Crippen LogP contribution < -0.4 is 0 Å². The van der Waals surface area contributed by atoms with Crippen molar-refractivity contribution in [2.45, 2.75) is 78.3 Å². The van der Waals surface area contributed by atoms with Crippen molar-refractivity contribution < 1.29 is 14.7 Å². The highest BCUT2D eigenvalue weighted by atomic mass is 16.4. The minimum Gasteiger partial charge on any atom is -0.478 e. The number of hydrogen-bond donors (Lipinski definition) is 1.